The van der Waals surface area contributed by atoms with E-state index in [0.717, 1.165) is 18.5 Å². The van der Waals surface area contributed by atoms with Gasteiger partial charge in [-0.3, -0.25) is 9.69 Å². The zero-order valence-corrected chi connectivity index (χ0v) is 9.77. The molecule has 2 rings (SSSR count). The van der Waals surface area contributed by atoms with Gasteiger partial charge in [0.15, 0.2) is 0 Å². The summed E-state index contributed by atoms with van der Waals surface area (Å²) >= 11 is 0. The quantitative estimate of drug-likeness (QED) is 0.876. The highest BCUT2D eigenvalue weighted by atomic mass is 19.1. The van der Waals surface area contributed by atoms with Crippen LogP contribution in [0.4, 0.5) is 4.39 Å². The van der Waals surface area contributed by atoms with Crippen molar-refractivity contribution in [3.63, 3.8) is 0 Å². The van der Waals surface area contributed by atoms with Crippen molar-refractivity contribution in [2.24, 2.45) is 5.92 Å². The van der Waals surface area contributed by atoms with Crippen molar-refractivity contribution in [1.29, 1.82) is 0 Å². The van der Waals surface area contributed by atoms with Crippen LogP contribution in [-0.4, -0.2) is 29.1 Å². The Morgan fingerprint density at radius 3 is 3.00 bits per heavy atom. The maximum atomic E-state index is 13.2. The zero-order valence-electron chi connectivity index (χ0n) is 9.77. The van der Waals surface area contributed by atoms with Crippen LogP contribution in [0.25, 0.3) is 0 Å². The average molecular weight is 237 g/mol. The third-order valence-electron chi connectivity index (χ3n) is 3.33. The number of rotatable bonds is 3. The van der Waals surface area contributed by atoms with Crippen molar-refractivity contribution in [3.8, 4) is 0 Å². The molecule has 1 aromatic carbocycles. The van der Waals surface area contributed by atoms with E-state index < -0.39 is 5.97 Å². The molecule has 3 nitrogen and oxygen atoms in total. The second-order valence-electron chi connectivity index (χ2n) is 4.63. The predicted molar refractivity (Wildman–Crippen MR) is 62.1 cm³/mol. The summed E-state index contributed by atoms with van der Waals surface area (Å²) < 4.78 is 13.2. The molecule has 0 aliphatic carbocycles. The zero-order chi connectivity index (χ0) is 12.4. The Hall–Kier alpha value is -1.42. The Balaban J connectivity index is 2.24. The van der Waals surface area contributed by atoms with Gasteiger partial charge in [-0.1, -0.05) is 19.1 Å². The Labute approximate surface area is 99.9 Å². The van der Waals surface area contributed by atoms with Gasteiger partial charge in [0, 0.05) is 6.04 Å². The van der Waals surface area contributed by atoms with Gasteiger partial charge in [-0.05, 0) is 36.6 Å². The van der Waals surface area contributed by atoms with Gasteiger partial charge >= 0.3 is 5.97 Å². The number of aliphatic carboxylic acids is 1. The van der Waals surface area contributed by atoms with Gasteiger partial charge in [0.1, 0.15) is 5.82 Å². The van der Waals surface area contributed by atoms with Crippen LogP contribution in [0.2, 0.25) is 0 Å². The number of hydrogen-bond donors (Lipinski definition) is 1. The van der Waals surface area contributed by atoms with Gasteiger partial charge in [-0.25, -0.2) is 4.39 Å². The van der Waals surface area contributed by atoms with Crippen molar-refractivity contribution in [1.82, 2.24) is 4.90 Å². The topological polar surface area (TPSA) is 40.5 Å². The fraction of sp³-hybridized carbons (Fsp3) is 0.462. The minimum atomic E-state index is -0.833. The maximum Gasteiger partial charge on any atom is 0.317 e. The molecule has 1 heterocycles. The van der Waals surface area contributed by atoms with Crippen LogP contribution in [0.15, 0.2) is 24.3 Å². The molecule has 1 aliphatic rings. The number of carbonyl (C=O) groups is 1. The fourth-order valence-corrected chi connectivity index (χ4v) is 2.61. The molecular weight excluding hydrogens is 221 g/mol. The minimum absolute atomic E-state index is 0.0156. The summed E-state index contributed by atoms with van der Waals surface area (Å²) in [6.07, 6.45) is 0.953. The molecule has 1 aliphatic heterocycles. The second kappa shape index (κ2) is 4.84. The highest BCUT2D eigenvalue weighted by Gasteiger charge is 2.33. The number of benzene rings is 1. The number of nitrogens with zero attached hydrogens (tertiary/aromatic N) is 1. The van der Waals surface area contributed by atoms with E-state index in [-0.39, 0.29) is 18.4 Å². The van der Waals surface area contributed by atoms with Crippen molar-refractivity contribution in [2.45, 2.75) is 19.4 Å². The summed E-state index contributed by atoms with van der Waals surface area (Å²) in [4.78, 5) is 12.7. The van der Waals surface area contributed by atoms with Crippen molar-refractivity contribution in [3.05, 3.63) is 35.6 Å². The van der Waals surface area contributed by atoms with E-state index in [1.54, 1.807) is 6.07 Å². The summed E-state index contributed by atoms with van der Waals surface area (Å²) in [5, 5.41) is 8.86. The third-order valence-corrected chi connectivity index (χ3v) is 3.33. The Bertz CT molecular complexity index is 422. The van der Waals surface area contributed by atoms with Gasteiger partial charge < -0.3 is 5.11 Å². The second-order valence-corrected chi connectivity index (χ2v) is 4.63. The summed E-state index contributed by atoms with van der Waals surface area (Å²) in [5.41, 5.74) is 0.872. The first kappa shape index (κ1) is 12.0. The lowest BCUT2D eigenvalue weighted by Gasteiger charge is -2.25. The average Bonchev–Trinajstić information content (AvgIpc) is 2.59. The summed E-state index contributed by atoms with van der Waals surface area (Å²) in [6, 6.07) is 6.47. The summed E-state index contributed by atoms with van der Waals surface area (Å²) in [7, 11) is 0. The van der Waals surface area contributed by atoms with Crippen LogP contribution in [0.1, 0.15) is 24.9 Å². The number of likely N-dealkylation sites (tertiary alicyclic amines) is 1. The van der Waals surface area contributed by atoms with E-state index in [1.807, 2.05) is 11.0 Å². The number of carboxylic acids is 1. The van der Waals surface area contributed by atoms with Crippen LogP contribution in [-0.2, 0) is 4.79 Å². The van der Waals surface area contributed by atoms with Gasteiger partial charge in [-0.2, -0.15) is 0 Å². The molecule has 4 heteroatoms. The van der Waals surface area contributed by atoms with Crippen LogP contribution in [0.5, 0.6) is 0 Å². The molecule has 0 spiro atoms. The summed E-state index contributed by atoms with van der Waals surface area (Å²) in [5.74, 6) is -0.742. The SMILES string of the molecule is C[C@@H]1CCN(CC(=O)O)[C@H]1c1cccc(F)c1. The molecule has 0 bridgehead atoms. The molecule has 0 aromatic heterocycles. The van der Waals surface area contributed by atoms with Gasteiger partial charge in [0.25, 0.3) is 0 Å². The molecule has 1 N–H and O–H groups in total. The monoisotopic (exact) mass is 237 g/mol. The van der Waals surface area contributed by atoms with E-state index in [2.05, 4.69) is 6.92 Å². The number of carboxylic acid groups (broad SMARTS) is 1. The molecular formula is C13H16FNO2. The largest absolute Gasteiger partial charge is 0.480 e. The lowest BCUT2D eigenvalue weighted by molar-refractivity contribution is -0.138. The third kappa shape index (κ3) is 2.64. The highest BCUT2D eigenvalue weighted by molar-refractivity contribution is 5.69. The Morgan fingerprint density at radius 2 is 2.35 bits per heavy atom. The van der Waals surface area contributed by atoms with E-state index in [4.69, 9.17) is 5.11 Å². The maximum absolute atomic E-state index is 13.2. The first-order valence-electron chi connectivity index (χ1n) is 5.79. The smallest absolute Gasteiger partial charge is 0.317 e. The first-order valence-corrected chi connectivity index (χ1v) is 5.79. The lowest BCUT2D eigenvalue weighted by atomic mass is 9.95. The number of hydrogen-bond acceptors (Lipinski definition) is 2. The van der Waals surface area contributed by atoms with Gasteiger partial charge in [0.2, 0.25) is 0 Å². The Morgan fingerprint density at radius 1 is 1.59 bits per heavy atom. The van der Waals surface area contributed by atoms with Crippen LogP contribution in [0, 0.1) is 11.7 Å². The van der Waals surface area contributed by atoms with Crippen LogP contribution >= 0.6 is 0 Å². The minimum Gasteiger partial charge on any atom is -0.480 e. The van der Waals surface area contributed by atoms with Crippen LogP contribution in [0.3, 0.4) is 0 Å². The molecule has 0 amide bonds. The molecule has 92 valence electrons. The van der Waals surface area contributed by atoms with Gasteiger partial charge in [-0.15, -0.1) is 0 Å². The fourth-order valence-electron chi connectivity index (χ4n) is 2.61. The standard InChI is InChI=1S/C13H16FNO2/c1-9-5-6-15(8-12(16)17)13(9)10-3-2-4-11(14)7-10/h2-4,7,9,13H,5-6,8H2,1H3,(H,16,17)/t9-,13-/m1/s1. The molecule has 1 saturated heterocycles. The molecule has 2 atom stereocenters. The predicted octanol–water partition coefficient (Wildman–Crippen LogP) is 2.29. The van der Waals surface area contributed by atoms with E-state index >= 15 is 0 Å². The van der Waals surface area contributed by atoms with E-state index in [0.29, 0.717) is 5.92 Å². The van der Waals surface area contributed by atoms with Crippen molar-refractivity contribution >= 4 is 5.97 Å². The normalized spacial score (nSPS) is 25.1. The number of halogens is 1. The molecule has 1 fully saturated rings. The van der Waals surface area contributed by atoms with E-state index in [9.17, 15) is 9.18 Å². The van der Waals surface area contributed by atoms with E-state index in [1.165, 1.54) is 12.1 Å². The highest BCUT2D eigenvalue weighted by Crippen LogP contribution is 2.36. The van der Waals surface area contributed by atoms with Gasteiger partial charge in [0.05, 0.1) is 6.54 Å². The molecule has 0 saturated carbocycles. The first-order chi connectivity index (χ1) is 8.08. The lowest BCUT2D eigenvalue weighted by Crippen LogP contribution is -2.30. The molecule has 1 aromatic rings. The Kier molecular flexibility index (Phi) is 3.43. The van der Waals surface area contributed by atoms with Crippen molar-refractivity contribution in [2.75, 3.05) is 13.1 Å². The van der Waals surface area contributed by atoms with Crippen LogP contribution < -0.4 is 0 Å². The van der Waals surface area contributed by atoms with Crippen molar-refractivity contribution < 1.29 is 14.3 Å². The molecule has 0 radical (unpaired) electrons. The summed E-state index contributed by atoms with van der Waals surface area (Å²) in [6.45, 7) is 2.86. The molecule has 0 unspecified atom stereocenters. The molecule has 17 heavy (non-hydrogen) atoms.